The first-order valence-corrected chi connectivity index (χ1v) is 7.25. The quantitative estimate of drug-likeness (QED) is 0.870. The number of nitrogens with two attached hydrogens (primary N) is 1. The minimum atomic E-state index is -0.453. The Hall–Kier alpha value is -1.27. The number of aromatic hydroxyl groups is 1. The average molecular weight is 358 g/mol. The number of rotatable bonds is 4. The van der Waals surface area contributed by atoms with Gasteiger partial charge < -0.3 is 15.7 Å². The van der Waals surface area contributed by atoms with Crippen molar-refractivity contribution in [1.82, 2.24) is 4.90 Å². The van der Waals surface area contributed by atoms with Gasteiger partial charge in [0, 0.05) is 18.8 Å². The maximum Gasteiger partial charge on any atom is 0.319 e. The molecule has 0 unspecified atom stereocenters. The lowest BCUT2D eigenvalue weighted by Gasteiger charge is -2.25. The van der Waals surface area contributed by atoms with E-state index in [1.165, 1.54) is 25.7 Å². The van der Waals surface area contributed by atoms with Crippen molar-refractivity contribution in [2.75, 3.05) is 31.1 Å². The van der Waals surface area contributed by atoms with Crippen LogP contribution in [0.15, 0.2) is 24.3 Å². The molecule has 2 rings (SSSR count). The van der Waals surface area contributed by atoms with E-state index in [0.29, 0.717) is 6.54 Å². The van der Waals surface area contributed by atoms with Crippen LogP contribution in [0.1, 0.15) is 25.7 Å². The van der Waals surface area contributed by atoms with Crippen LogP contribution in [0.5, 0.6) is 5.75 Å². The molecule has 0 aromatic heterocycles. The monoisotopic (exact) mass is 357 g/mol. The van der Waals surface area contributed by atoms with E-state index in [0.717, 1.165) is 25.3 Å². The van der Waals surface area contributed by atoms with E-state index in [-0.39, 0.29) is 22.7 Å². The molecular weight excluding hydrogens is 334 g/mol. The number of amides is 2. The van der Waals surface area contributed by atoms with Gasteiger partial charge in [-0.25, -0.2) is 4.79 Å². The summed E-state index contributed by atoms with van der Waals surface area (Å²) in [5, 5.41) is 9.30. The fourth-order valence-electron chi connectivity index (χ4n) is 2.60. The van der Waals surface area contributed by atoms with Crippen LogP contribution in [0, 0.1) is 0 Å². The maximum atomic E-state index is 11.6. The first-order chi connectivity index (χ1) is 9.66. The van der Waals surface area contributed by atoms with Crippen LogP contribution >= 0.6 is 17.0 Å². The number of primary amides is 1. The lowest BCUT2D eigenvalue weighted by molar-refractivity contribution is 0.250. The first-order valence-electron chi connectivity index (χ1n) is 7.25. The lowest BCUT2D eigenvalue weighted by Crippen LogP contribution is -2.41. The minimum absolute atomic E-state index is 0. The number of carbonyl (C=O) groups excluding carboxylic acids is 1. The van der Waals surface area contributed by atoms with Crippen LogP contribution in [0.3, 0.4) is 0 Å². The van der Waals surface area contributed by atoms with Crippen molar-refractivity contribution in [2.45, 2.75) is 25.7 Å². The van der Waals surface area contributed by atoms with E-state index in [1.807, 2.05) is 0 Å². The van der Waals surface area contributed by atoms with Crippen molar-refractivity contribution in [1.29, 1.82) is 0 Å². The number of hydrogen-bond acceptors (Lipinski definition) is 3. The predicted molar refractivity (Wildman–Crippen MR) is 90.3 cm³/mol. The number of halogens is 1. The molecule has 5 nitrogen and oxygen atoms in total. The number of urea groups is 1. The number of carbonyl (C=O) groups is 1. The SMILES string of the molecule is Br.NC(=O)N(CCN1CCCCCC1)c1ccc(O)cc1. The molecule has 1 aromatic rings. The highest BCUT2D eigenvalue weighted by atomic mass is 79.9. The molecule has 21 heavy (non-hydrogen) atoms. The van der Waals surface area contributed by atoms with Crippen LogP contribution in [0.25, 0.3) is 0 Å². The van der Waals surface area contributed by atoms with Gasteiger partial charge in [0.25, 0.3) is 0 Å². The van der Waals surface area contributed by atoms with Gasteiger partial charge in [-0.3, -0.25) is 4.90 Å². The molecule has 0 saturated carbocycles. The van der Waals surface area contributed by atoms with Gasteiger partial charge in [0.05, 0.1) is 0 Å². The van der Waals surface area contributed by atoms with Crippen molar-refractivity contribution < 1.29 is 9.90 Å². The highest BCUT2D eigenvalue weighted by molar-refractivity contribution is 8.93. The van der Waals surface area contributed by atoms with Gasteiger partial charge in [-0.2, -0.15) is 0 Å². The number of phenolic OH excluding ortho intramolecular Hbond substituents is 1. The summed E-state index contributed by atoms with van der Waals surface area (Å²) >= 11 is 0. The van der Waals surface area contributed by atoms with E-state index in [1.54, 1.807) is 29.2 Å². The number of likely N-dealkylation sites (tertiary alicyclic amines) is 1. The zero-order valence-electron chi connectivity index (χ0n) is 12.2. The molecule has 1 aliphatic rings. The Morgan fingerprint density at radius 2 is 1.71 bits per heavy atom. The highest BCUT2D eigenvalue weighted by Crippen LogP contribution is 2.18. The summed E-state index contributed by atoms with van der Waals surface area (Å²) in [6.45, 7) is 3.62. The Kier molecular flexibility index (Phi) is 7.53. The zero-order chi connectivity index (χ0) is 14.4. The van der Waals surface area contributed by atoms with Crippen molar-refractivity contribution in [2.24, 2.45) is 5.73 Å². The molecule has 2 amide bonds. The van der Waals surface area contributed by atoms with Gasteiger partial charge in [0.2, 0.25) is 0 Å². The number of nitrogens with zero attached hydrogens (tertiary/aromatic N) is 2. The van der Waals surface area contributed by atoms with Crippen LogP contribution in [-0.2, 0) is 0 Å². The molecule has 6 heteroatoms. The second kappa shape index (κ2) is 8.89. The van der Waals surface area contributed by atoms with Gasteiger partial charge in [0.1, 0.15) is 5.75 Å². The van der Waals surface area contributed by atoms with Crippen molar-refractivity contribution >= 4 is 28.7 Å². The third kappa shape index (κ3) is 5.55. The Bertz CT molecular complexity index is 431. The molecule has 118 valence electrons. The lowest BCUT2D eigenvalue weighted by atomic mass is 10.2. The van der Waals surface area contributed by atoms with E-state index >= 15 is 0 Å². The normalized spacial score (nSPS) is 15.8. The molecule has 0 bridgehead atoms. The second-order valence-corrected chi connectivity index (χ2v) is 5.26. The first kappa shape index (κ1) is 17.8. The number of anilines is 1. The molecule has 0 radical (unpaired) electrons. The largest absolute Gasteiger partial charge is 0.508 e. The number of benzene rings is 1. The Morgan fingerprint density at radius 3 is 2.24 bits per heavy atom. The standard InChI is InChI=1S/C15H23N3O2.BrH/c16-15(20)18(13-5-7-14(19)8-6-13)12-11-17-9-3-1-2-4-10-17;/h5-8,19H,1-4,9-12H2,(H2,16,20);1H. The van der Waals surface area contributed by atoms with E-state index < -0.39 is 6.03 Å². The molecular formula is C15H24BrN3O2. The second-order valence-electron chi connectivity index (χ2n) is 5.26. The molecule has 0 aliphatic carbocycles. The Balaban J connectivity index is 0.00000220. The summed E-state index contributed by atoms with van der Waals surface area (Å²) < 4.78 is 0. The minimum Gasteiger partial charge on any atom is -0.508 e. The maximum absolute atomic E-state index is 11.6. The fraction of sp³-hybridized carbons (Fsp3) is 0.533. The van der Waals surface area contributed by atoms with Gasteiger partial charge >= 0.3 is 6.03 Å². The van der Waals surface area contributed by atoms with E-state index in [2.05, 4.69) is 4.90 Å². The van der Waals surface area contributed by atoms with E-state index in [9.17, 15) is 9.90 Å². The van der Waals surface area contributed by atoms with Crippen LogP contribution in [-0.4, -0.2) is 42.2 Å². The summed E-state index contributed by atoms with van der Waals surface area (Å²) in [5.41, 5.74) is 6.19. The highest BCUT2D eigenvalue weighted by Gasteiger charge is 2.15. The Labute approximate surface area is 136 Å². The molecule has 0 spiro atoms. The topological polar surface area (TPSA) is 69.8 Å². The third-order valence-electron chi connectivity index (χ3n) is 3.77. The third-order valence-corrected chi connectivity index (χ3v) is 3.77. The molecule has 1 fully saturated rings. The number of phenols is 1. The summed E-state index contributed by atoms with van der Waals surface area (Å²) in [6, 6.07) is 6.10. The van der Waals surface area contributed by atoms with E-state index in [4.69, 9.17) is 5.73 Å². The van der Waals surface area contributed by atoms with Gasteiger partial charge in [-0.05, 0) is 50.2 Å². The average Bonchev–Trinajstić information content (AvgIpc) is 2.69. The molecule has 3 N–H and O–H groups in total. The smallest absolute Gasteiger partial charge is 0.319 e. The van der Waals surface area contributed by atoms with Crippen LogP contribution in [0.4, 0.5) is 10.5 Å². The van der Waals surface area contributed by atoms with Crippen LogP contribution < -0.4 is 10.6 Å². The molecule has 1 aromatic carbocycles. The molecule has 1 heterocycles. The van der Waals surface area contributed by atoms with Crippen molar-refractivity contribution in [3.8, 4) is 5.75 Å². The zero-order valence-corrected chi connectivity index (χ0v) is 13.9. The fourth-order valence-corrected chi connectivity index (χ4v) is 2.60. The van der Waals surface area contributed by atoms with Gasteiger partial charge in [-0.1, -0.05) is 12.8 Å². The summed E-state index contributed by atoms with van der Waals surface area (Å²) in [6.07, 6.45) is 5.06. The van der Waals surface area contributed by atoms with Crippen molar-refractivity contribution in [3.63, 3.8) is 0 Å². The van der Waals surface area contributed by atoms with Crippen molar-refractivity contribution in [3.05, 3.63) is 24.3 Å². The van der Waals surface area contributed by atoms with Gasteiger partial charge in [0.15, 0.2) is 0 Å². The Morgan fingerprint density at radius 1 is 1.14 bits per heavy atom. The molecule has 0 atom stereocenters. The number of hydrogen-bond donors (Lipinski definition) is 2. The summed E-state index contributed by atoms with van der Waals surface area (Å²) in [5.74, 6) is 0.186. The predicted octanol–water partition coefficient (Wildman–Crippen LogP) is 2.73. The summed E-state index contributed by atoms with van der Waals surface area (Å²) in [4.78, 5) is 15.5. The molecule has 1 aliphatic heterocycles. The molecule has 1 saturated heterocycles. The van der Waals surface area contributed by atoms with Crippen LogP contribution in [0.2, 0.25) is 0 Å². The van der Waals surface area contributed by atoms with Gasteiger partial charge in [-0.15, -0.1) is 17.0 Å². The summed E-state index contributed by atoms with van der Waals surface area (Å²) in [7, 11) is 0.